The van der Waals surface area contributed by atoms with Gasteiger partial charge >= 0.3 is 0 Å². The molecule has 0 heterocycles. The van der Waals surface area contributed by atoms with Gasteiger partial charge in [0.05, 0.1) is 7.11 Å². The maximum absolute atomic E-state index is 13.6. The quantitative estimate of drug-likeness (QED) is 0.685. The van der Waals surface area contributed by atoms with E-state index in [1.54, 1.807) is 43.5 Å². The Morgan fingerprint density at radius 2 is 1.52 bits per heavy atom. The highest BCUT2D eigenvalue weighted by Gasteiger charge is 2.16. The van der Waals surface area contributed by atoms with Gasteiger partial charge in [-0.3, -0.25) is 4.79 Å². The van der Waals surface area contributed by atoms with Gasteiger partial charge in [0.25, 0.3) is 5.91 Å². The number of hydrogen-bond donors (Lipinski definition) is 1. The third kappa shape index (κ3) is 4.41. The van der Waals surface area contributed by atoms with E-state index in [-0.39, 0.29) is 6.54 Å². The van der Waals surface area contributed by atoms with Crippen molar-refractivity contribution in [2.24, 2.45) is 0 Å². The summed E-state index contributed by atoms with van der Waals surface area (Å²) in [5, 5.41) is 2.50. The Kier molecular flexibility index (Phi) is 5.66. The summed E-state index contributed by atoms with van der Waals surface area (Å²) >= 11 is 0. The van der Waals surface area contributed by atoms with Crippen LogP contribution in [0.15, 0.2) is 66.7 Å². The van der Waals surface area contributed by atoms with Crippen molar-refractivity contribution in [3.8, 4) is 17.2 Å². The molecule has 3 aromatic carbocycles. The van der Waals surface area contributed by atoms with Gasteiger partial charge in [0.2, 0.25) is 0 Å². The summed E-state index contributed by atoms with van der Waals surface area (Å²) in [6, 6.07) is 17.5. The number of ether oxygens (including phenoxy) is 2. The normalized spacial score (nSPS) is 10.3. The van der Waals surface area contributed by atoms with Crippen molar-refractivity contribution in [3.63, 3.8) is 0 Å². The number of benzene rings is 3. The van der Waals surface area contributed by atoms with Crippen LogP contribution < -0.4 is 14.8 Å². The first kappa shape index (κ1) is 18.4. The number of hydrogen-bond acceptors (Lipinski definition) is 3. The first-order valence-corrected chi connectivity index (χ1v) is 8.20. The zero-order valence-corrected chi connectivity index (χ0v) is 14.5. The van der Waals surface area contributed by atoms with Crippen molar-refractivity contribution < 1.29 is 23.0 Å². The molecular formula is C21H17F2NO3. The highest BCUT2D eigenvalue weighted by Crippen LogP contribution is 2.30. The number of methoxy groups -OCH3 is 1. The number of halogens is 2. The molecule has 0 spiro atoms. The largest absolute Gasteiger partial charge is 0.493 e. The van der Waals surface area contributed by atoms with Gasteiger partial charge in [0, 0.05) is 6.54 Å². The predicted molar refractivity (Wildman–Crippen MR) is 97.0 cm³/mol. The number of rotatable bonds is 6. The van der Waals surface area contributed by atoms with Gasteiger partial charge in [-0.25, -0.2) is 8.78 Å². The monoisotopic (exact) mass is 369 g/mol. The van der Waals surface area contributed by atoms with Crippen LogP contribution in [0.25, 0.3) is 0 Å². The standard InChI is InChI=1S/C21H17F2NO3/c1-26-18-7-2-3-8-19(18)27-15-11-9-14(10-12-15)13-24-21(25)20-16(22)5-4-6-17(20)23/h2-12H,13H2,1H3,(H,24,25). The fraction of sp³-hybridized carbons (Fsp3) is 0.0952. The number of carbonyl (C=O) groups is 1. The van der Waals surface area contributed by atoms with Gasteiger partial charge in [-0.2, -0.15) is 0 Å². The van der Waals surface area contributed by atoms with Gasteiger partial charge < -0.3 is 14.8 Å². The molecule has 1 N–H and O–H groups in total. The maximum Gasteiger partial charge on any atom is 0.257 e. The lowest BCUT2D eigenvalue weighted by Crippen LogP contribution is -2.25. The number of amides is 1. The summed E-state index contributed by atoms with van der Waals surface area (Å²) < 4.78 is 38.2. The lowest BCUT2D eigenvalue weighted by Gasteiger charge is -2.11. The first-order chi connectivity index (χ1) is 13.1. The van der Waals surface area contributed by atoms with Crippen molar-refractivity contribution >= 4 is 5.91 Å². The van der Waals surface area contributed by atoms with E-state index in [1.165, 1.54) is 6.07 Å². The zero-order valence-electron chi connectivity index (χ0n) is 14.5. The highest BCUT2D eigenvalue weighted by molar-refractivity contribution is 5.94. The third-order valence-electron chi connectivity index (χ3n) is 3.86. The lowest BCUT2D eigenvalue weighted by molar-refractivity contribution is 0.0942. The Morgan fingerprint density at radius 3 is 2.15 bits per heavy atom. The molecule has 0 saturated heterocycles. The van der Waals surface area contributed by atoms with Crippen molar-refractivity contribution in [1.29, 1.82) is 0 Å². The molecule has 0 aliphatic carbocycles. The van der Waals surface area contributed by atoms with E-state index in [0.717, 1.165) is 17.7 Å². The van der Waals surface area contributed by atoms with Crippen LogP contribution in [0, 0.1) is 11.6 Å². The Bertz CT molecular complexity index is 922. The Hall–Kier alpha value is -3.41. The molecule has 3 aromatic rings. The second-order valence-electron chi connectivity index (χ2n) is 5.68. The fourth-order valence-corrected chi connectivity index (χ4v) is 2.49. The number of carbonyl (C=O) groups excluding carboxylic acids is 1. The van der Waals surface area contributed by atoms with E-state index in [4.69, 9.17) is 9.47 Å². The van der Waals surface area contributed by atoms with Gasteiger partial charge in [-0.1, -0.05) is 30.3 Å². The molecule has 138 valence electrons. The topological polar surface area (TPSA) is 47.6 Å². The molecule has 6 heteroatoms. The molecule has 0 bridgehead atoms. The average Bonchev–Trinajstić information content (AvgIpc) is 2.68. The Morgan fingerprint density at radius 1 is 0.889 bits per heavy atom. The molecular weight excluding hydrogens is 352 g/mol. The molecule has 0 fully saturated rings. The van der Waals surface area contributed by atoms with Crippen LogP contribution in [-0.4, -0.2) is 13.0 Å². The third-order valence-corrected chi connectivity index (χ3v) is 3.86. The minimum absolute atomic E-state index is 0.127. The summed E-state index contributed by atoms with van der Waals surface area (Å²) in [7, 11) is 1.56. The second kappa shape index (κ2) is 8.31. The molecule has 0 aromatic heterocycles. The van der Waals surface area contributed by atoms with Crippen LogP contribution in [0.3, 0.4) is 0 Å². The maximum atomic E-state index is 13.6. The van der Waals surface area contributed by atoms with Crippen molar-refractivity contribution in [2.45, 2.75) is 6.54 Å². The van der Waals surface area contributed by atoms with E-state index < -0.39 is 23.1 Å². The van der Waals surface area contributed by atoms with Crippen LogP contribution in [-0.2, 0) is 6.54 Å². The lowest BCUT2D eigenvalue weighted by atomic mass is 10.1. The molecule has 0 aliphatic rings. The molecule has 0 aliphatic heterocycles. The van der Waals surface area contributed by atoms with Gasteiger partial charge in [-0.05, 0) is 42.0 Å². The summed E-state index contributed by atoms with van der Waals surface area (Å²) in [5.41, 5.74) is 0.168. The molecule has 1 amide bonds. The zero-order chi connectivity index (χ0) is 19.2. The summed E-state index contributed by atoms with van der Waals surface area (Å²) in [6.07, 6.45) is 0. The average molecular weight is 369 g/mol. The molecule has 0 saturated carbocycles. The van der Waals surface area contributed by atoms with Crippen LogP contribution >= 0.6 is 0 Å². The SMILES string of the molecule is COc1ccccc1Oc1ccc(CNC(=O)c2c(F)cccc2F)cc1. The minimum Gasteiger partial charge on any atom is -0.493 e. The fourth-order valence-electron chi connectivity index (χ4n) is 2.49. The Labute approximate surface area is 155 Å². The van der Waals surface area contributed by atoms with E-state index in [2.05, 4.69) is 5.32 Å². The second-order valence-corrected chi connectivity index (χ2v) is 5.68. The smallest absolute Gasteiger partial charge is 0.257 e. The minimum atomic E-state index is -0.895. The van der Waals surface area contributed by atoms with E-state index in [9.17, 15) is 13.6 Å². The van der Waals surface area contributed by atoms with Gasteiger partial charge in [-0.15, -0.1) is 0 Å². The van der Waals surface area contributed by atoms with Crippen molar-refractivity contribution in [3.05, 3.63) is 89.5 Å². The summed E-state index contributed by atoms with van der Waals surface area (Å²) in [5.74, 6) is -0.812. The molecule has 0 atom stereocenters. The van der Waals surface area contributed by atoms with Crippen molar-refractivity contribution in [1.82, 2.24) is 5.32 Å². The summed E-state index contributed by atoms with van der Waals surface area (Å²) in [6.45, 7) is 0.127. The van der Waals surface area contributed by atoms with Crippen LogP contribution in [0.2, 0.25) is 0 Å². The summed E-state index contributed by atoms with van der Waals surface area (Å²) in [4.78, 5) is 12.0. The molecule has 4 nitrogen and oxygen atoms in total. The number of para-hydroxylation sites is 2. The number of nitrogens with one attached hydrogen (secondary N) is 1. The van der Waals surface area contributed by atoms with Gasteiger partial charge in [0.15, 0.2) is 11.5 Å². The van der Waals surface area contributed by atoms with Crippen LogP contribution in [0.1, 0.15) is 15.9 Å². The highest BCUT2D eigenvalue weighted by atomic mass is 19.1. The molecule has 0 radical (unpaired) electrons. The molecule has 27 heavy (non-hydrogen) atoms. The molecule has 3 rings (SSSR count). The van der Waals surface area contributed by atoms with Crippen LogP contribution in [0.5, 0.6) is 17.2 Å². The van der Waals surface area contributed by atoms with E-state index in [0.29, 0.717) is 17.2 Å². The van der Waals surface area contributed by atoms with E-state index in [1.807, 2.05) is 12.1 Å². The van der Waals surface area contributed by atoms with Gasteiger partial charge in [0.1, 0.15) is 22.9 Å². The molecule has 0 unspecified atom stereocenters. The predicted octanol–water partition coefficient (Wildman–Crippen LogP) is 4.70. The van der Waals surface area contributed by atoms with Crippen molar-refractivity contribution in [2.75, 3.05) is 7.11 Å². The Balaban J connectivity index is 1.63. The first-order valence-electron chi connectivity index (χ1n) is 8.20. The van der Waals surface area contributed by atoms with E-state index >= 15 is 0 Å². The van der Waals surface area contributed by atoms with Crippen LogP contribution in [0.4, 0.5) is 8.78 Å².